The van der Waals surface area contributed by atoms with Crippen LogP contribution in [-0.4, -0.2) is 47.3 Å². The van der Waals surface area contributed by atoms with E-state index in [-0.39, 0.29) is 5.69 Å². The fourth-order valence-corrected chi connectivity index (χ4v) is 2.27. The van der Waals surface area contributed by atoms with E-state index in [2.05, 4.69) is 9.97 Å². The number of hydrogen-bond donors (Lipinski definition) is 1. The predicted octanol–water partition coefficient (Wildman–Crippen LogP) is 1.27. The highest BCUT2D eigenvalue weighted by Gasteiger charge is 2.20. The topological polar surface area (TPSA) is 75.5 Å². The van der Waals surface area contributed by atoms with Crippen molar-refractivity contribution in [3.8, 4) is 0 Å². The second kappa shape index (κ2) is 5.97. The molecule has 104 valence electrons. The number of nitrogens with zero attached hydrogens (tertiary/aromatic N) is 3. The molecule has 2 heterocycles. The zero-order valence-electron chi connectivity index (χ0n) is 11.3. The maximum Gasteiger partial charge on any atom is 0.354 e. The van der Waals surface area contributed by atoms with E-state index in [4.69, 9.17) is 4.74 Å². The van der Waals surface area contributed by atoms with Gasteiger partial charge in [-0.05, 0) is 19.8 Å². The summed E-state index contributed by atoms with van der Waals surface area (Å²) in [6.45, 7) is 6.60. The van der Waals surface area contributed by atoms with Gasteiger partial charge in [-0.25, -0.2) is 14.8 Å². The lowest BCUT2D eigenvalue weighted by Crippen LogP contribution is -2.29. The highest BCUT2D eigenvalue weighted by Crippen LogP contribution is 2.18. The maximum absolute atomic E-state index is 11.3. The van der Waals surface area contributed by atoms with E-state index in [0.717, 1.165) is 25.3 Å². The van der Waals surface area contributed by atoms with Gasteiger partial charge < -0.3 is 14.7 Å². The number of carboxylic acid groups (broad SMARTS) is 1. The van der Waals surface area contributed by atoms with Gasteiger partial charge in [0, 0.05) is 31.0 Å². The summed E-state index contributed by atoms with van der Waals surface area (Å²) in [5.74, 6) is -0.493. The second-order valence-electron chi connectivity index (χ2n) is 4.55. The number of carboxylic acids is 1. The molecule has 1 N–H and O–H groups in total. The molecule has 1 aliphatic rings. The molecule has 0 amide bonds. The second-order valence-corrected chi connectivity index (χ2v) is 4.55. The minimum Gasteiger partial charge on any atom is -0.476 e. The van der Waals surface area contributed by atoms with E-state index >= 15 is 0 Å². The summed E-state index contributed by atoms with van der Waals surface area (Å²) in [5, 5.41) is 9.27. The molecule has 0 aliphatic carbocycles. The SMILES string of the molecule is CCc1c(C)nc(N2CCCOCC2)nc1C(=O)O. The molecule has 0 atom stereocenters. The number of aromatic carboxylic acids is 1. The van der Waals surface area contributed by atoms with Crippen LogP contribution < -0.4 is 4.90 Å². The van der Waals surface area contributed by atoms with E-state index in [0.29, 0.717) is 31.1 Å². The number of rotatable bonds is 3. The van der Waals surface area contributed by atoms with Crippen LogP contribution in [0.15, 0.2) is 0 Å². The van der Waals surface area contributed by atoms with Gasteiger partial charge in [-0.2, -0.15) is 0 Å². The Morgan fingerprint density at radius 1 is 1.37 bits per heavy atom. The lowest BCUT2D eigenvalue weighted by Gasteiger charge is -2.21. The summed E-state index contributed by atoms with van der Waals surface area (Å²) in [5.41, 5.74) is 1.58. The highest BCUT2D eigenvalue weighted by molar-refractivity contribution is 5.87. The van der Waals surface area contributed by atoms with Gasteiger partial charge >= 0.3 is 5.97 Å². The van der Waals surface area contributed by atoms with Crippen molar-refractivity contribution in [2.24, 2.45) is 0 Å². The van der Waals surface area contributed by atoms with Crippen molar-refractivity contribution < 1.29 is 14.6 Å². The summed E-state index contributed by atoms with van der Waals surface area (Å²) in [4.78, 5) is 22.0. The molecule has 1 aromatic heterocycles. The van der Waals surface area contributed by atoms with Crippen LogP contribution in [0.25, 0.3) is 0 Å². The normalized spacial score (nSPS) is 16.2. The van der Waals surface area contributed by atoms with Gasteiger partial charge in [-0.3, -0.25) is 0 Å². The Labute approximate surface area is 112 Å². The van der Waals surface area contributed by atoms with E-state index in [1.54, 1.807) is 0 Å². The first kappa shape index (κ1) is 13.7. The van der Waals surface area contributed by atoms with Crippen LogP contribution in [-0.2, 0) is 11.2 Å². The minimum atomic E-state index is -0.991. The summed E-state index contributed by atoms with van der Waals surface area (Å²) < 4.78 is 5.39. The van der Waals surface area contributed by atoms with Crippen LogP contribution in [0.5, 0.6) is 0 Å². The molecule has 0 aromatic carbocycles. The number of ether oxygens (including phenoxy) is 1. The van der Waals surface area contributed by atoms with Gasteiger partial charge in [0.25, 0.3) is 0 Å². The highest BCUT2D eigenvalue weighted by atomic mass is 16.5. The Morgan fingerprint density at radius 3 is 2.84 bits per heavy atom. The summed E-state index contributed by atoms with van der Waals surface area (Å²) in [6.07, 6.45) is 1.52. The van der Waals surface area contributed by atoms with Crippen LogP contribution in [0, 0.1) is 6.92 Å². The molecular weight excluding hydrogens is 246 g/mol. The lowest BCUT2D eigenvalue weighted by molar-refractivity contribution is 0.0689. The van der Waals surface area contributed by atoms with Crippen LogP contribution in [0.2, 0.25) is 0 Å². The van der Waals surface area contributed by atoms with Crippen molar-refractivity contribution in [3.05, 3.63) is 17.0 Å². The molecule has 0 unspecified atom stereocenters. The molecule has 19 heavy (non-hydrogen) atoms. The van der Waals surface area contributed by atoms with Crippen molar-refractivity contribution >= 4 is 11.9 Å². The number of carbonyl (C=O) groups is 1. The molecule has 1 aliphatic heterocycles. The smallest absolute Gasteiger partial charge is 0.354 e. The third-order valence-corrected chi connectivity index (χ3v) is 3.26. The van der Waals surface area contributed by atoms with Crippen molar-refractivity contribution in [2.45, 2.75) is 26.7 Å². The number of anilines is 1. The Balaban J connectivity index is 2.38. The summed E-state index contributed by atoms with van der Waals surface area (Å²) in [7, 11) is 0. The van der Waals surface area contributed by atoms with Crippen molar-refractivity contribution in [2.75, 3.05) is 31.2 Å². The van der Waals surface area contributed by atoms with Crippen molar-refractivity contribution in [1.82, 2.24) is 9.97 Å². The quantitative estimate of drug-likeness (QED) is 0.887. The first-order valence-electron chi connectivity index (χ1n) is 6.57. The predicted molar refractivity (Wildman–Crippen MR) is 70.8 cm³/mol. The van der Waals surface area contributed by atoms with Gasteiger partial charge in [0.1, 0.15) is 0 Å². The average Bonchev–Trinajstić information content (AvgIpc) is 2.66. The maximum atomic E-state index is 11.3. The number of aromatic nitrogens is 2. The largest absolute Gasteiger partial charge is 0.476 e. The van der Waals surface area contributed by atoms with Crippen LogP contribution in [0.4, 0.5) is 5.95 Å². The Kier molecular flexibility index (Phi) is 4.31. The standard InChI is InChI=1S/C13H19N3O3/c1-3-10-9(2)14-13(15-11(10)12(17)18)16-5-4-7-19-8-6-16/h3-8H2,1-2H3,(H,17,18). The van der Waals surface area contributed by atoms with Gasteiger partial charge in [-0.15, -0.1) is 0 Å². The van der Waals surface area contributed by atoms with E-state index in [1.807, 2.05) is 18.7 Å². The number of aryl methyl sites for hydroxylation is 1. The molecule has 0 bridgehead atoms. The molecular formula is C13H19N3O3. The van der Waals surface area contributed by atoms with Crippen LogP contribution in [0.1, 0.15) is 35.1 Å². The Bertz CT molecular complexity index is 468. The van der Waals surface area contributed by atoms with Gasteiger partial charge in [0.05, 0.1) is 6.61 Å². The third-order valence-electron chi connectivity index (χ3n) is 3.26. The molecule has 1 fully saturated rings. The fourth-order valence-electron chi connectivity index (χ4n) is 2.27. The lowest BCUT2D eigenvalue weighted by atomic mass is 10.1. The molecule has 6 heteroatoms. The average molecular weight is 265 g/mol. The van der Waals surface area contributed by atoms with E-state index < -0.39 is 5.97 Å². The van der Waals surface area contributed by atoms with Gasteiger partial charge in [0.15, 0.2) is 5.69 Å². The Hall–Kier alpha value is -1.69. The molecule has 0 spiro atoms. The molecule has 1 aromatic rings. The first-order chi connectivity index (χ1) is 9.13. The molecule has 6 nitrogen and oxygen atoms in total. The van der Waals surface area contributed by atoms with E-state index in [9.17, 15) is 9.90 Å². The monoisotopic (exact) mass is 265 g/mol. The van der Waals surface area contributed by atoms with Crippen LogP contribution in [0.3, 0.4) is 0 Å². The van der Waals surface area contributed by atoms with Crippen LogP contribution >= 0.6 is 0 Å². The van der Waals surface area contributed by atoms with Gasteiger partial charge in [0.2, 0.25) is 5.95 Å². The fraction of sp³-hybridized carbons (Fsp3) is 0.615. The zero-order valence-corrected chi connectivity index (χ0v) is 11.3. The van der Waals surface area contributed by atoms with E-state index in [1.165, 1.54) is 0 Å². The zero-order chi connectivity index (χ0) is 13.8. The van der Waals surface area contributed by atoms with Crippen molar-refractivity contribution in [1.29, 1.82) is 0 Å². The number of hydrogen-bond acceptors (Lipinski definition) is 5. The van der Waals surface area contributed by atoms with Crippen molar-refractivity contribution in [3.63, 3.8) is 0 Å². The molecule has 2 rings (SSSR count). The molecule has 1 saturated heterocycles. The minimum absolute atomic E-state index is 0.121. The first-order valence-corrected chi connectivity index (χ1v) is 6.57. The molecule has 0 radical (unpaired) electrons. The Morgan fingerprint density at radius 2 is 2.16 bits per heavy atom. The summed E-state index contributed by atoms with van der Waals surface area (Å²) in [6, 6.07) is 0. The third kappa shape index (κ3) is 3.01. The summed E-state index contributed by atoms with van der Waals surface area (Å²) >= 11 is 0. The molecule has 0 saturated carbocycles. The van der Waals surface area contributed by atoms with Gasteiger partial charge in [-0.1, -0.05) is 6.92 Å².